The van der Waals surface area contributed by atoms with Crippen molar-refractivity contribution < 1.29 is 0 Å². The van der Waals surface area contributed by atoms with E-state index < -0.39 is 0 Å². The molecule has 0 saturated carbocycles. The fourth-order valence-corrected chi connectivity index (χ4v) is 3.04. The second-order valence-electron chi connectivity index (χ2n) is 6.46. The van der Waals surface area contributed by atoms with Gasteiger partial charge < -0.3 is 0 Å². The Balaban J connectivity index is 0.000000131. The molecule has 2 heterocycles. The maximum Gasteiger partial charge on any atom is 0.0709 e. The second-order valence-corrected chi connectivity index (χ2v) is 6.46. The van der Waals surface area contributed by atoms with Crippen molar-refractivity contribution in [1.82, 2.24) is 9.97 Å². The van der Waals surface area contributed by atoms with Crippen LogP contribution in [0.5, 0.6) is 0 Å². The molecule has 0 N–H and O–H groups in total. The Morgan fingerprint density at radius 2 is 0.923 bits per heavy atom. The van der Waals surface area contributed by atoms with E-state index in [1.165, 1.54) is 21.7 Å². The fraction of sp³-hybridized carbons (Fsp3) is 0.0833. The van der Waals surface area contributed by atoms with E-state index in [0.29, 0.717) is 0 Å². The molecule has 0 fully saturated rings. The number of aromatic nitrogens is 2. The Hall–Kier alpha value is -3.26. The first kappa shape index (κ1) is 16.2. The van der Waals surface area contributed by atoms with E-state index in [-0.39, 0.29) is 0 Å². The van der Waals surface area contributed by atoms with Crippen LogP contribution in [0.4, 0.5) is 0 Å². The maximum absolute atomic E-state index is 4.58. The lowest BCUT2D eigenvalue weighted by atomic mass is 10.1. The summed E-state index contributed by atoms with van der Waals surface area (Å²) in [5.41, 5.74) is 5.58. The number of hydrogen-bond donors (Lipinski definition) is 0. The Kier molecular flexibility index (Phi) is 4.32. The van der Waals surface area contributed by atoms with Crippen LogP contribution < -0.4 is 0 Å². The fourth-order valence-electron chi connectivity index (χ4n) is 3.04. The van der Waals surface area contributed by atoms with Crippen LogP contribution in [0.2, 0.25) is 0 Å². The van der Waals surface area contributed by atoms with E-state index >= 15 is 0 Å². The zero-order valence-corrected chi connectivity index (χ0v) is 15.0. The van der Waals surface area contributed by atoms with Gasteiger partial charge in [-0.15, -0.1) is 0 Å². The first-order chi connectivity index (χ1) is 12.7. The molecule has 2 aromatic heterocycles. The molecule has 0 bridgehead atoms. The Labute approximate surface area is 153 Å². The molecule has 0 radical (unpaired) electrons. The molecule has 0 atom stereocenters. The van der Waals surface area contributed by atoms with Gasteiger partial charge in [-0.3, -0.25) is 4.98 Å². The molecule has 0 aliphatic heterocycles. The summed E-state index contributed by atoms with van der Waals surface area (Å²) in [4.78, 5) is 9.05. The van der Waals surface area contributed by atoms with Crippen LogP contribution in [-0.4, -0.2) is 9.97 Å². The molecule has 2 nitrogen and oxygen atoms in total. The number of benzene rings is 3. The minimum absolute atomic E-state index is 1.06. The predicted octanol–water partition coefficient (Wildman–Crippen LogP) is 6.24. The lowest BCUT2D eigenvalue weighted by Crippen LogP contribution is -1.87. The van der Waals surface area contributed by atoms with Crippen LogP contribution in [0, 0.1) is 13.8 Å². The topological polar surface area (TPSA) is 25.8 Å². The average Bonchev–Trinajstić information content (AvgIpc) is 2.68. The third-order valence-electron chi connectivity index (χ3n) is 4.59. The van der Waals surface area contributed by atoms with Crippen molar-refractivity contribution in [3.63, 3.8) is 0 Å². The van der Waals surface area contributed by atoms with Crippen LogP contribution in [0.1, 0.15) is 11.3 Å². The van der Waals surface area contributed by atoms with E-state index in [9.17, 15) is 0 Å². The van der Waals surface area contributed by atoms with E-state index in [2.05, 4.69) is 47.2 Å². The number of aryl methyl sites for hydroxylation is 2. The molecular weight excluding hydrogens is 316 g/mol. The number of nitrogens with zero attached hydrogens (tertiary/aromatic N) is 2. The van der Waals surface area contributed by atoms with E-state index in [4.69, 9.17) is 0 Å². The highest BCUT2D eigenvalue weighted by Crippen LogP contribution is 2.18. The Morgan fingerprint density at radius 1 is 0.500 bits per heavy atom. The summed E-state index contributed by atoms with van der Waals surface area (Å²) in [6.07, 6.45) is 0. The molecule has 2 heteroatoms. The number of para-hydroxylation sites is 3. The van der Waals surface area contributed by atoms with Crippen molar-refractivity contribution in [2.45, 2.75) is 13.8 Å². The molecule has 0 aliphatic rings. The number of hydrogen-bond acceptors (Lipinski definition) is 2. The van der Waals surface area contributed by atoms with Crippen molar-refractivity contribution >= 4 is 32.7 Å². The highest BCUT2D eigenvalue weighted by Gasteiger charge is 1.97. The van der Waals surface area contributed by atoms with E-state index in [0.717, 1.165) is 22.2 Å². The van der Waals surface area contributed by atoms with Gasteiger partial charge in [0.1, 0.15) is 0 Å². The van der Waals surface area contributed by atoms with Crippen molar-refractivity contribution in [3.05, 3.63) is 96.2 Å². The lowest BCUT2D eigenvalue weighted by molar-refractivity contribution is 1.20. The van der Waals surface area contributed by atoms with Crippen LogP contribution in [0.3, 0.4) is 0 Å². The number of fused-ring (bicyclic) bond motifs is 3. The molecule has 0 spiro atoms. The summed E-state index contributed by atoms with van der Waals surface area (Å²) in [6, 6.07) is 28.9. The molecule has 0 unspecified atom stereocenters. The Bertz CT molecular complexity index is 1060. The largest absolute Gasteiger partial charge is 0.253 e. The molecule has 0 aliphatic carbocycles. The monoisotopic (exact) mass is 336 g/mol. The van der Waals surface area contributed by atoms with Crippen LogP contribution >= 0.6 is 0 Å². The average molecular weight is 336 g/mol. The standard InChI is InChI=1S/C13H9N.C11H11N/c1-3-7-12-10(5-1)9-11-6-2-4-8-13(11)14-12;1-8-7-10-5-3-4-6-11(10)12-9(8)2/h1-9H;3-7H,1-2H3. The third kappa shape index (κ3) is 3.27. The van der Waals surface area contributed by atoms with Crippen molar-refractivity contribution in [2.75, 3.05) is 0 Å². The molecule has 0 amide bonds. The summed E-state index contributed by atoms with van der Waals surface area (Å²) in [7, 11) is 0. The zero-order chi connectivity index (χ0) is 17.9. The van der Waals surface area contributed by atoms with Gasteiger partial charge in [0, 0.05) is 21.9 Å². The van der Waals surface area contributed by atoms with Gasteiger partial charge in [0.2, 0.25) is 0 Å². The molecule has 126 valence electrons. The number of pyridine rings is 2. The summed E-state index contributed by atoms with van der Waals surface area (Å²) in [5.74, 6) is 0. The maximum atomic E-state index is 4.58. The zero-order valence-electron chi connectivity index (χ0n) is 15.0. The predicted molar refractivity (Wildman–Crippen MR) is 110 cm³/mol. The van der Waals surface area contributed by atoms with Gasteiger partial charge in [0.25, 0.3) is 0 Å². The van der Waals surface area contributed by atoms with Crippen molar-refractivity contribution in [2.24, 2.45) is 0 Å². The lowest BCUT2D eigenvalue weighted by Gasteiger charge is -2.01. The van der Waals surface area contributed by atoms with Gasteiger partial charge in [-0.05, 0) is 49.7 Å². The smallest absolute Gasteiger partial charge is 0.0709 e. The van der Waals surface area contributed by atoms with Gasteiger partial charge in [0.05, 0.1) is 16.6 Å². The van der Waals surface area contributed by atoms with Crippen LogP contribution in [0.15, 0.2) is 84.9 Å². The summed E-state index contributed by atoms with van der Waals surface area (Å²) < 4.78 is 0. The molecule has 5 aromatic rings. The molecular formula is C24H20N2. The van der Waals surface area contributed by atoms with Gasteiger partial charge >= 0.3 is 0 Å². The Morgan fingerprint density at radius 3 is 1.46 bits per heavy atom. The van der Waals surface area contributed by atoms with Crippen molar-refractivity contribution in [1.29, 1.82) is 0 Å². The van der Waals surface area contributed by atoms with E-state index in [1.54, 1.807) is 0 Å². The minimum atomic E-state index is 1.06. The van der Waals surface area contributed by atoms with Gasteiger partial charge in [-0.1, -0.05) is 54.6 Å². The quantitative estimate of drug-likeness (QED) is 0.313. The molecule has 26 heavy (non-hydrogen) atoms. The molecule has 5 rings (SSSR count). The highest BCUT2D eigenvalue weighted by molar-refractivity contribution is 5.92. The first-order valence-electron chi connectivity index (χ1n) is 8.78. The summed E-state index contributed by atoms with van der Waals surface area (Å²) in [6.45, 7) is 4.14. The van der Waals surface area contributed by atoms with Crippen molar-refractivity contribution in [3.8, 4) is 0 Å². The second kappa shape index (κ2) is 6.93. The van der Waals surface area contributed by atoms with Gasteiger partial charge in [0.15, 0.2) is 0 Å². The van der Waals surface area contributed by atoms with Gasteiger partial charge in [-0.2, -0.15) is 0 Å². The van der Waals surface area contributed by atoms with E-state index in [1.807, 2.05) is 61.5 Å². The summed E-state index contributed by atoms with van der Waals surface area (Å²) in [5, 5.41) is 3.62. The molecule has 3 aromatic carbocycles. The minimum Gasteiger partial charge on any atom is -0.253 e. The normalized spacial score (nSPS) is 10.7. The summed E-state index contributed by atoms with van der Waals surface area (Å²) >= 11 is 0. The first-order valence-corrected chi connectivity index (χ1v) is 8.78. The van der Waals surface area contributed by atoms with Crippen LogP contribution in [0.25, 0.3) is 32.7 Å². The van der Waals surface area contributed by atoms with Crippen LogP contribution in [-0.2, 0) is 0 Å². The molecule has 0 saturated heterocycles. The third-order valence-corrected chi connectivity index (χ3v) is 4.59. The highest BCUT2D eigenvalue weighted by atomic mass is 14.7. The van der Waals surface area contributed by atoms with Gasteiger partial charge in [-0.25, -0.2) is 4.98 Å². The number of rotatable bonds is 0. The SMILES string of the molecule is Cc1cc2ccccc2nc1C.c1ccc2nc3ccccc3cc2c1.